The normalized spacial score (nSPS) is 12.8. The number of aryl methyl sites for hydroxylation is 1. The van der Waals surface area contributed by atoms with Crippen LogP contribution in [0.15, 0.2) is 48.5 Å². The maximum absolute atomic E-state index is 12.6. The maximum Gasteiger partial charge on any atom is 0.283 e. The second-order valence-electron chi connectivity index (χ2n) is 6.42. The van der Waals surface area contributed by atoms with Crippen LogP contribution in [0.25, 0.3) is 0 Å². The van der Waals surface area contributed by atoms with Gasteiger partial charge in [-0.15, -0.1) is 11.3 Å². The molecule has 1 aliphatic heterocycles. The standard InChI is InChI=1S/C20H12ClN3O5S/c1-10-16(24(28)29)9-17(30-10)18(25)22-11-6-7-15(14(21)8-11)23-19(26)12-4-2-3-5-13(12)20(23)27/h2-9H,1H3,(H,22,25). The minimum absolute atomic E-state index is 0.0932. The van der Waals surface area contributed by atoms with Gasteiger partial charge in [0.25, 0.3) is 23.4 Å². The predicted octanol–water partition coefficient (Wildman–Crippen LogP) is 4.67. The van der Waals surface area contributed by atoms with Gasteiger partial charge in [0.1, 0.15) is 0 Å². The second kappa shape index (κ2) is 7.36. The van der Waals surface area contributed by atoms with Gasteiger partial charge in [0.2, 0.25) is 0 Å². The van der Waals surface area contributed by atoms with Crippen LogP contribution in [0.4, 0.5) is 17.1 Å². The number of rotatable bonds is 4. The van der Waals surface area contributed by atoms with Crippen molar-refractivity contribution in [2.45, 2.75) is 6.92 Å². The third kappa shape index (κ3) is 3.23. The van der Waals surface area contributed by atoms with Crippen molar-refractivity contribution in [3.63, 3.8) is 0 Å². The Labute approximate surface area is 178 Å². The van der Waals surface area contributed by atoms with E-state index in [1.54, 1.807) is 31.2 Å². The Morgan fingerprint density at radius 1 is 1.10 bits per heavy atom. The van der Waals surface area contributed by atoms with Gasteiger partial charge in [0.15, 0.2) is 0 Å². The van der Waals surface area contributed by atoms with Crippen molar-refractivity contribution < 1.29 is 19.3 Å². The van der Waals surface area contributed by atoms with E-state index < -0.39 is 22.6 Å². The first-order chi connectivity index (χ1) is 14.3. The summed E-state index contributed by atoms with van der Waals surface area (Å²) in [7, 11) is 0. The molecule has 0 saturated carbocycles. The lowest BCUT2D eigenvalue weighted by molar-refractivity contribution is -0.385. The Morgan fingerprint density at radius 2 is 1.73 bits per heavy atom. The maximum atomic E-state index is 12.6. The Balaban J connectivity index is 1.58. The number of benzene rings is 2. The van der Waals surface area contributed by atoms with Crippen molar-refractivity contribution in [1.82, 2.24) is 0 Å². The van der Waals surface area contributed by atoms with Crippen LogP contribution in [0, 0.1) is 17.0 Å². The molecule has 0 bridgehead atoms. The Kier molecular flexibility index (Phi) is 4.84. The summed E-state index contributed by atoms with van der Waals surface area (Å²) >= 11 is 7.31. The summed E-state index contributed by atoms with van der Waals surface area (Å²) in [5, 5.41) is 13.7. The summed E-state index contributed by atoms with van der Waals surface area (Å²) in [5.74, 6) is -1.48. The van der Waals surface area contributed by atoms with E-state index in [1.165, 1.54) is 24.3 Å². The van der Waals surface area contributed by atoms with E-state index in [-0.39, 0.29) is 21.3 Å². The minimum Gasteiger partial charge on any atom is -0.321 e. The molecule has 30 heavy (non-hydrogen) atoms. The highest BCUT2D eigenvalue weighted by Crippen LogP contribution is 2.35. The SMILES string of the molecule is Cc1sc(C(=O)Nc2ccc(N3C(=O)c4ccccc4C3=O)c(Cl)c2)cc1[N+](=O)[O-]. The van der Waals surface area contributed by atoms with Gasteiger partial charge in [0.05, 0.1) is 36.5 Å². The van der Waals surface area contributed by atoms with Crippen LogP contribution < -0.4 is 10.2 Å². The number of hydrogen-bond acceptors (Lipinski definition) is 6. The molecule has 8 nitrogen and oxygen atoms in total. The van der Waals surface area contributed by atoms with E-state index >= 15 is 0 Å². The summed E-state index contributed by atoms with van der Waals surface area (Å²) in [6.07, 6.45) is 0. The summed E-state index contributed by atoms with van der Waals surface area (Å²) in [4.78, 5) is 49.7. The highest BCUT2D eigenvalue weighted by Gasteiger charge is 2.37. The van der Waals surface area contributed by atoms with Gasteiger partial charge < -0.3 is 5.32 Å². The zero-order valence-corrected chi connectivity index (χ0v) is 16.9. The van der Waals surface area contributed by atoms with E-state index in [0.717, 1.165) is 16.2 Å². The number of fused-ring (bicyclic) bond motifs is 1. The molecule has 1 aromatic heterocycles. The molecular formula is C20H12ClN3O5S. The first kappa shape index (κ1) is 19.7. The highest BCUT2D eigenvalue weighted by atomic mass is 35.5. The van der Waals surface area contributed by atoms with Crippen molar-refractivity contribution in [2.24, 2.45) is 0 Å². The summed E-state index contributed by atoms with van der Waals surface area (Å²) in [6.45, 7) is 1.56. The lowest BCUT2D eigenvalue weighted by atomic mass is 10.1. The third-order valence-corrected chi connectivity index (χ3v) is 5.89. The van der Waals surface area contributed by atoms with Crippen LogP contribution in [0.1, 0.15) is 35.3 Å². The van der Waals surface area contributed by atoms with Crippen molar-refractivity contribution in [3.8, 4) is 0 Å². The van der Waals surface area contributed by atoms with Crippen molar-refractivity contribution >= 4 is 57.7 Å². The zero-order chi connectivity index (χ0) is 21.6. The lowest BCUT2D eigenvalue weighted by Gasteiger charge is -2.16. The molecule has 3 aromatic rings. The van der Waals surface area contributed by atoms with E-state index in [1.807, 2.05) is 0 Å². The first-order valence-corrected chi connectivity index (χ1v) is 9.81. The van der Waals surface area contributed by atoms with E-state index in [9.17, 15) is 24.5 Å². The molecule has 2 heterocycles. The average molecular weight is 442 g/mol. The molecule has 10 heteroatoms. The first-order valence-electron chi connectivity index (χ1n) is 8.61. The smallest absolute Gasteiger partial charge is 0.283 e. The number of anilines is 2. The highest BCUT2D eigenvalue weighted by molar-refractivity contribution is 7.14. The molecule has 0 atom stereocenters. The second-order valence-corrected chi connectivity index (χ2v) is 8.08. The quantitative estimate of drug-likeness (QED) is 0.359. The van der Waals surface area contributed by atoms with Crippen molar-refractivity contribution in [2.75, 3.05) is 10.2 Å². The molecule has 0 unspecified atom stereocenters. The molecule has 0 fully saturated rings. The van der Waals surface area contributed by atoms with Crippen LogP contribution in [0.3, 0.4) is 0 Å². The van der Waals surface area contributed by atoms with Gasteiger partial charge in [-0.3, -0.25) is 24.5 Å². The number of carbonyl (C=O) groups excluding carboxylic acids is 3. The number of thiophene rings is 1. The van der Waals surface area contributed by atoms with Crippen LogP contribution in [0.5, 0.6) is 0 Å². The van der Waals surface area contributed by atoms with Gasteiger partial charge >= 0.3 is 0 Å². The number of nitrogens with one attached hydrogen (secondary N) is 1. The molecule has 2 aromatic carbocycles. The largest absolute Gasteiger partial charge is 0.321 e. The summed E-state index contributed by atoms with van der Waals surface area (Å²) in [6, 6.07) is 12.1. The molecule has 4 rings (SSSR count). The molecule has 0 saturated heterocycles. The number of carbonyl (C=O) groups is 3. The summed E-state index contributed by atoms with van der Waals surface area (Å²) in [5.41, 5.74) is 0.989. The van der Waals surface area contributed by atoms with E-state index in [0.29, 0.717) is 21.7 Å². The average Bonchev–Trinajstić information content (AvgIpc) is 3.22. The molecule has 150 valence electrons. The van der Waals surface area contributed by atoms with E-state index in [2.05, 4.69) is 5.32 Å². The third-order valence-electron chi connectivity index (χ3n) is 4.55. The van der Waals surface area contributed by atoms with Gasteiger partial charge in [-0.25, -0.2) is 4.90 Å². The van der Waals surface area contributed by atoms with Crippen molar-refractivity contribution in [1.29, 1.82) is 0 Å². The van der Waals surface area contributed by atoms with E-state index in [4.69, 9.17) is 11.6 Å². The number of nitro groups is 1. The van der Waals surface area contributed by atoms with Crippen LogP contribution in [-0.2, 0) is 0 Å². The van der Waals surface area contributed by atoms with Crippen LogP contribution in [-0.4, -0.2) is 22.6 Å². The minimum atomic E-state index is -0.545. The lowest BCUT2D eigenvalue weighted by Crippen LogP contribution is -2.29. The predicted molar refractivity (Wildman–Crippen MR) is 113 cm³/mol. The molecule has 1 aliphatic rings. The molecule has 0 radical (unpaired) electrons. The van der Waals surface area contributed by atoms with Crippen LogP contribution >= 0.6 is 22.9 Å². The van der Waals surface area contributed by atoms with Crippen molar-refractivity contribution in [3.05, 3.63) is 84.5 Å². The number of imide groups is 1. The summed E-state index contributed by atoms with van der Waals surface area (Å²) < 4.78 is 0. The number of amides is 3. The molecule has 3 amide bonds. The van der Waals surface area contributed by atoms with Gasteiger partial charge in [0, 0.05) is 11.8 Å². The Hall–Kier alpha value is -3.56. The molecular weight excluding hydrogens is 430 g/mol. The fourth-order valence-electron chi connectivity index (χ4n) is 3.13. The topological polar surface area (TPSA) is 110 Å². The fourth-order valence-corrected chi connectivity index (χ4v) is 4.28. The van der Waals surface area contributed by atoms with Gasteiger partial charge in [-0.05, 0) is 37.3 Å². The molecule has 0 spiro atoms. The van der Waals surface area contributed by atoms with Gasteiger partial charge in [-0.1, -0.05) is 23.7 Å². The Bertz CT molecular complexity index is 1220. The number of nitrogens with zero attached hydrogens (tertiary/aromatic N) is 2. The van der Waals surface area contributed by atoms with Crippen LogP contribution in [0.2, 0.25) is 5.02 Å². The number of halogens is 1. The Morgan fingerprint density at radius 3 is 2.27 bits per heavy atom. The number of hydrogen-bond donors (Lipinski definition) is 1. The monoisotopic (exact) mass is 441 g/mol. The molecule has 1 N–H and O–H groups in total. The zero-order valence-electron chi connectivity index (χ0n) is 15.3. The molecule has 0 aliphatic carbocycles. The van der Waals surface area contributed by atoms with Gasteiger partial charge in [-0.2, -0.15) is 0 Å². The fraction of sp³-hybridized carbons (Fsp3) is 0.0500.